The molecule has 70 valence electrons. The molecule has 2 N–H and O–H groups in total. The lowest BCUT2D eigenvalue weighted by Gasteiger charge is -2.31. The molecule has 1 aliphatic carbocycles. The third-order valence-electron chi connectivity index (χ3n) is 3.52. The number of rotatable bonds is 2. The summed E-state index contributed by atoms with van der Waals surface area (Å²) in [6.45, 7) is 2.48. The molecule has 2 fully saturated rings. The molecule has 2 nitrogen and oxygen atoms in total. The highest BCUT2D eigenvalue weighted by Crippen LogP contribution is 2.33. The molecule has 1 saturated carbocycles. The van der Waals surface area contributed by atoms with Crippen molar-refractivity contribution in [3.63, 3.8) is 0 Å². The zero-order valence-electron chi connectivity index (χ0n) is 7.97. The van der Waals surface area contributed by atoms with E-state index in [0.717, 1.165) is 17.9 Å². The molecule has 3 unspecified atom stereocenters. The predicted octanol–water partition coefficient (Wildman–Crippen LogP) is 0.984. The van der Waals surface area contributed by atoms with Gasteiger partial charge in [0, 0.05) is 6.04 Å². The van der Waals surface area contributed by atoms with Gasteiger partial charge in [0.25, 0.3) is 0 Å². The van der Waals surface area contributed by atoms with Crippen molar-refractivity contribution in [1.29, 1.82) is 0 Å². The van der Waals surface area contributed by atoms with Crippen LogP contribution in [0.3, 0.4) is 0 Å². The summed E-state index contributed by atoms with van der Waals surface area (Å²) in [7, 11) is 2.06. The fraction of sp³-hybridized carbons (Fsp3) is 1.00. The summed E-state index contributed by atoms with van der Waals surface area (Å²) < 4.78 is 0. The van der Waals surface area contributed by atoms with E-state index < -0.39 is 0 Å². The summed E-state index contributed by atoms with van der Waals surface area (Å²) in [5.41, 5.74) is 0. The molecule has 0 bridgehead atoms. The lowest BCUT2D eigenvalue weighted by atomic mass is 9.79. The van der Waals surface area contributed by atoms with Gasteiger partial charge in [-0.05, 0) is 57.7 Å². The van der Waals surface area contributed by atoms with Crippen LogP contribution in [0.1, 0.15) is 25.7 Å². The van der Waals surface area contributed by atoms with E-state index >= 15 is 0 Å². The lowest BCUT2D eigenvalue weighted by Crippen LogP contribution is -2.36. The van der Waals surface area contributed by atoms with Crippen molar-refractivity contribution in [1.82, 2.24) is 10.6 Å². The third kappa shape index (κ3) is 1.64. The molecule has 0 amide bonds. The largest absolute Gasteiger partial charge is 0.319 e. The van der Waals surface area contributed by atoms with Crippen molar-refractivity contribution < 1.29 is 0 Å². The van der Waals surface area contributed by atoms with Gasteiger partial charge in [0.15, 0.2) is 0 Å². The van der Waals surface area contributed by atoms with Crippen LogP contribution in [0.15, 0.2) is 0 Å². The van der Waals surface area contributed by atoms with Gasteiger partial charge in [0.1, 0.15) is 0 Å². The summed E-state index contributed by atoms with van der Waals surface area (Å²) >= 11 is 0. The Labute approximate surface area is 75.1 Å². The first-order valence-electron chi connectivity index (χ1n) is 5.28. The van der Waals surface area contributed by atoms with Crippen LogP contribution in [0, 0.1) is 11.8 Å². The number of hydrogen-bond acceptors (Lipinski definition) is 2. The van der Waals surface area contributed by atoms with Crippen LogP contribution in [-0.2, 0) is 0 Å². The predicted molar refractivity (Wildman–Crippen MR) is 51.2 cm³/mol. The summed E-state index contributed by atoms with van der Waals surface area (Å²) in [5.74, 6) is 1.94. The summed E-state index contributed by atoms with van der Waals surface area (Å²) in [4.78, 5) is 0. The van der Waals surface area contributed by atoms with Crippen LogP contribution < -0.4 is 10.6 Å². The second kappa shape index (κ2) is 3.75. The highest BCUT2D eigenvalue weighted by atomic mass is 15.0. The average Bonchev–Trinajstić information content (AvgIpc) is 2.51. The molecule has 3 atom stereocenters. The van der Waals surface area contributed by atoms with Crippen molar-refractivity contribution in [2.45, 2.75) is 31.7 Å². The standard InChI is InChI=1S/C10H20N2/c1-11-7-8-2-3-9-4-5-12-10(9)6-8/h8-12H,2-7H2,1H3. The number of nitrogens with one attached hydrogen (secondary N) is 2. The van der Waals surface area contributed by atoms with E-state index in [1.165, 1.54) is 38.8 Å². The van der Waals surface area contributed by atoms with Crippen LogP contribution in [0.25, 0.3) is 0 Å². The first-order chi connectivity index (χ1) is 5.90. The first-order valence-corrected chi connectivity index (χ1v) is 5.28. The van der Waals surface area contributed by atoms with Gasteiger partial charge >= 0.3 is 0 Å². The Hall–Kier alpha value is -0.0800. The zero-order valence-corrected chi connectivity index (χ0v) is 7.97. The smallest absolute Gasteiger partial charge is 0.00989 e. The molecule has 12 heavy (non-hydrogen) atoms. The minimum absolute atomic E-state index is 0.858. The van der Waals surface area contributed by atoms with E-state index in [2.05, 4.69) is 17.7 Å². The lowest BCUT2D eigenvalue weighted by molar-refractivity contribution is 0.245. The normalized spacial score (nSPS) is 41.2. The van der Waals surface area contributed by atoms with Gasteiger partial charge in [-0.3, -0.25) is 0 Å². The van der Waals surface area contributed by atoms with E-state index in [0.29, 0.717) is 0 Å². The van der Waals surface area contributed by atoms with Crippen LogP contribution in [-0.4, -0.2) is 26.2 Å². The fourth-order valence-electron chi connectivity index (χ4n) is 2.84. The van der Waals surface area contributed by atoms with E-state index in [1.807, 2.05) is 0 Å². The molecule has 0 aromatic carbocycles. The van der Waals surface area contributed by atoms with Crippen molar-refractivity contribution in [2.75, 3.05) is 20.1 Å². The minimum Gasteiger partial charge on any atom is -0.319 e. The molecule has 2 rings (SSSR count). The molecule has 1 saturated heterocycles. The summed E-state index contributed by atoms with van der Waals surface area (Å²) in [5, 5.41) is 6.91. The van der Waals surface area contributed by atoms with Gasteiger partial charge < -0.3 is 10.6 Å². The topological polar surface area (TPSA) is 24.1 Å². The molecule has 0 aromatic heterocycles. The summed E-state index contributed by atoms with van der Waals surface area (Å²) in [6, 6.07) is 0.858. The van der Waals surface area contributed by atoms with Gasteiger partial charge in [-0.1, -0.05) is 0 Å². The minimum atomic E-state index is 0.858. The highest BCUT2D eigenvalue weighted by Gasteiger charge is 2.32. The van der Waals surface area contributed by atoms with E-state index in [1.54, 1.807) is 0 Å². The Bertz CT molecular complexity index is 147. The van der Waals surface area contributed by atoms with Gasteiger partial charge in [-0.25, -0.2) is 0 Å². The molecule has 2 aliphatic rings. The van der Waals surface area contributed by atoms with Crippen molar-refractivity contribution in [3.05, 3.63) is 0 Å². The van der Waals surface area contributed by atoms with Crippen LogP contribution in [0.2, 0.25) is 0 Å². The molecule has 0 spiro atoms. The van der Waals surface area contributed by atoms with Gasteiger partial charge in [-0.15, -0.1) is 0 Å². The molecule has 0 aromatic rings. The molecule has 1 aliphatic heterocycles. The molecule has 0 radical (unpaired) electrons. The van der Waals surface area contributed by atoms with Gasteiger partial charge in [0.2, 0.25) is 0 Å². The van der Waals surface area contributed by atoms with Gasteiger partial charge in [-0.2, -0.15) is 0 Å². The third-order valence-corrected chi connectivity index (χ3v) is 3.52. The first kappa shape index (κ1) is 8.52. The van der Waals surface area contributed by atoms with Crippen molar-refractivity contribution in [3.8, 4) is 0 Å². The second-order valence-corrected chi connectivity index (χ2v) is 4.35. The SMILES string of the molecule is CNCC1CCC2CCNC2C1. The number of hydrogen-bond donors (Lipinski definition) is 2. The molecular formula is C10H20N2. The Morgan fingerprint density at radius 3 is 3.08 bits per heavy atom. The quantitative estimate of drug-likeness (QED) is 0.642. The number of fused-ring (bicyclic) bond motifs is 1. The van der Waals surface area contributed by atoms with E-state index in [4.69, 9.17) is 0 Å². The fourth-order valence-corrected chi connectivity index (χ4v) is 2.84. The van der Waals surface area contributed by atoms with Crippen LogP contribution >= 0.6 is 0 Å². The highest BCUT2D eigenvalue weighted by molar-refractivity contribution is 4.90. The molecule has 1 heterocycles. The maximum Gasteiger partial charge on any atom is 0.00989 e. The Balaban J connectivity index is 1.84. The zero-order chi connectivity index (χ0) is 8.39. The Morgan fingerprint density at radius 2 is 2.25 bits per heavy atom. The molecular weight excluding hydrogens is 148 g/mol. The Kier molecular flexibility index (Phi) is 2.66. The van der Waals surface area contributed by atoms with Gasteiger partial charge in [0.05, 0.1) is 0 Å². The maximum atomic E-state index is 3.62. The average molecular weight is 168 g/mol. The van der Waals surface area contributed by atoms with Crippen LogP contribution in [0.4, 0.5) is 0 Å². The van der Waals surface area contributed by atoms with Crippen molar-refractivity contribution in [2.24, 2.45) is 11.8 Å². The van der Waals surface area contributed by atoms with E-state index in [-0.39, 0.29) is 0 Å². The van der Waals surface area contributed by atoms with E-state index in [9.17, 15) is 0 Å². The maximum absolute atomic E-state index is 3.62. The van der Waals surface area contributed by atoms with Crippen molar-refractivity contribution >= 4 is 0 Å². The van der Waals surface area contributed by atoms with Crippen LogP contribution in [0.5, 0.6) is 0 Å². The summed E-state index contributed by atoms with van der Waals surface area (Å²) in [6.07, 6.45) is 5.75. The molecule has 2 heteroatoms. The monoisotopic (exact) mass is 168 g/mol. The second-order valence-electron chi connectivity index (χ2n) is 4.35. The Morgan fingerprint density at radius 1 is 1.33 bits per heavy atom.